The predicted molar refractivity (Wildman–Crippen MR) is 83.8 cm³/mol. The maximum atomic E-state index is 13.8. The number of aryl methyl sites for hydroxylation is 2. The van der Waals surface area contributed by atoms with Gasteiger partial charge >= 0.3 is 0 Å². The van der Waals surface area contributed by atoms with Crippen molar-refractivity contribution in [1.82, 2.24) is 19.3 Å². The second-order valence-electron chi connectivity index (χ2n) is 4.69. The molecule has 0 spiro atoms. The van der Waals surface area contributed by atoms with Gasteiger partial charge < -0.3 is 4.57 Å². The molecule has 0 aliphatic carbocycles. The summed E-state index contributed by atoms with van der Waals surface area (Å²) in [5.74, 6) is 0.761. The molecule has 0 bridgehead atoms. The van der Waals surface area contributed by atoms with E-state index in [9.17, 15) is 4.39 Å². The van der Waals surface area contributed by atoms with E-state index in [0.717, 1.165) is 36.4 Å². The van der Waals surface area contributed by atoms with Crippen molar-refractivity contribution in [1.29, 1.82) is 0 Å². The molecule has 3 aromatic rings. The predicted octanol–water partition coefficient (Wildman–Crippen LogP) is 3.96. The van der Waals surface area contributed by atoms with E-state index >= 15 is 0 Å². The van der Waals surface area contributed by atoms with Crippen molar-refractivity contribution in [3.05, 3.63) is 46.7 Å². The molecule has 4 nitrogen and oxygen atoms in total. The topological polar surface area (TPSA) is 35.6 Å². The van der Waals surface area contributed by atoms with Crippen molar-refractivity contribution in [3.63, 3.8) is 0 Å². The highest BCUT2D eigenvalue weighted by Crippen LogP contribution is 2.25. The Morgan fingerprint density at radius 3 is 2.86 bits per heavy atom. The Morgan fingerprint density at radius 1 is 1.29 bits per heavy atom. The molecule has 1 aromatic carbocycles. The van der Waals surface area contributed by atoms with Crippen LogP contribution in [-0.4, -0.2) is 19.3 Å². The summed E-state index contributed by atoms with van der Waals surface area (Å²) in [6.45, 7) is 1.52. The lowest BCUT2D eigenvalue weighted by Crippen LogP contribution is -2.07. The van der Waals surface area contributed by atoms with Crippen LogP contribution in [0.4, 0.5) is 4.39 Å². The van der Waals surface area contributed by atoms with Crippen LogP contribution in [0, 0.1) is 5.82 Å². The van der Waals surface area contributed by atoms with Gasteiger partial charge in [-0.05, 0) is 34.5 Å². The SMILES string of the molecule is Fc1cc2c(cc1Br)nc(CCl)n2CCCn1cccn1. The van der Waals surface area contributed by atoms with Gasteiger partial charge in [0.1, 0.15) is 11.6 Å². The van der Waals surface area contributed by atoms with Crippen LogP contribution in [0.15, 0.2) is 35.1 Å². The third kappa shape index (κ3) is 2.96. The van der Waals surface area contributed by atoms with Crippen LogP contribution in [-0.2, 0) is 19.0 Å². The van der Waals surface area contributed by atoms with Crippen molar-refractivity contribution in [2.45, 2.75) is 25.4 Å². The van der Waals surface area contributed by atoms with E-state index in [1.807, 2.05) is 21.5 Å². The van der Waals surface area contributed by atoms with Gasteiger partial charge in [0, 0.05) is 31.5 Å². The first-order valence-electron chi connectivity index (χ1n) is 6.56. The zero-order valence-corrected chi connectivity index (χ0v) is 13.5. The van der Waals surface area contributed by atoms with Gasteiger partial charge in [-0.2, -0.15) is 5.10 Å². The number of hydrogen-bond donors (Lipinski definition) is 0. The van der Waals surface area contributed by atoms with Crippen molar-refractivity contribution >= 4 is 38.6 Å². The molecule has 0 radical (unpaired) electrons. The van der Waals surface area contributed by atoms with E-state index < -0.39 is 0 Å². The van der Waals surface area contributed by atoms with Gasteiger partial charge in [0.25, 0.3) is 0 Å². The molecular weight excluding hydrogens is 359 g/mol. The molecule has 0 unspecified atom stereocenters. The van der Waals surface area contributed by atoms with Crippen LogP contribution in [0.3, 0.4) is 0 Å². The first-order valence-corrected chi connectivity index (χ1v) is 7.89. The molecule has 0 aliphatic rings. The molecule has 0 aliphatic heterocycles. The molecule has 3 rings (SSSR count). The first kappa shape index (κ1) is 14.5. The second-order valence-corrected chi connectivity index (χ2v) is 5.81. The van der Waals surface area contributed by atoms with E-state index in [4.69, 9.17) is 11.6 Å². The van der Waals surface area contributed by atoms with Crippen LogP contribution in [0.25, 0.3) is 11.0 Å². The Labute approximate surface area is 134 Å². The van der Waals surface area contributed by atoms with Crippen molar-refractivity contribution in [2.24, 2.45) is 0 Å². The molecule has 0 N–H and O–H groups in total. The molecule has 0 saturated carbocycles. The van der Waals surface area contributed by atoms with Crippen molar-refractivity contribution in [3.8, 4) is 0 Å². The minimum atomic E-state index is -0.295. The first-order chi connectivity index (χ1) is 10.2. The maximum absolute atomic E-state index is 13.8. The zero-order chi connectivity index (χ0) is 14.8. The highest BCUT2D eigenvalue weighted by atomic mass is 79.9. The summed E-state index contributed by atoms with van der Waals surface area (Å²) in [4.78, 5) is 4.46. The number of nitrogens with zero attached hydrogens (tertiary/aromatic N) is 4. The molecule has 2 heterocycles. The largest absolute Gasteiger partial charge is 0.327 e. The van der Waals surface area contributed by atoms with E-state index in [2.05, 4.69) is 26.0 Å². The second kappa shape index (κ2) is 6.15. The quantitative estimate of drug-likeness (QED) is 0.636. The molecule has 7 heteroatoms. The average molecular weight is 372 g/mol. The highest BCUT2D eigenvalue weighted by Gasteiger charge is 2.12. The molecule has 0 saturated heterocycles. The third-order valence-corrected chi connectivity index (χ3v) is 4.16. The fourth-order valence-corrected chi connectivity index (χ4v) is 2.88. The summed E-state index contributed by atoms with van der Waals surface area (Å²) >= 11 is 9.14. The van der Waals surface area contributed by atoms with Crippen molar-refractivity contribution in [2.75, 3.05) is 0 Å². The lowest BCUT2D eigenvalue weighted by Gasteiger charge is -2.08. The number of fused-ring (bicyclic) bond motifs is 1. The molecule has 0 atom stereocenters. The van der Waals surface area contributed by atoms with Crippen LogP contribution >= 0.6 is 27.5 Å². The van der Waals surface area contributed by atoms with Gasteiger partial charge in [0.2, 0.25) is 0 Å². The number of halogens is 3. The summed E-state index contributed by atoms with van der Waals surface area (Å²) in [7, 11) is 0. The van der Waals surface area contributed by atoms with E-state index in [1.54, 1.807) is 12.3 Å². The molecule has 21 heavy (non-hydrogen) atoms. The Bertz CT molecular complexity index is 754. The number of alkyl halides is 1. The Kier molecular flexibility index (Phi) is 4.26. The third-order valence-electron chi connectivity index (χ3n) is 3.32. The fourth-order valence-electron chi connectivity index (χ4n) is 2.35. The normalized spacial score (nSPS) is 11.4. The summed E-state index contributed by atoms with van der Waals surface area (Å²) in [5.41, 5.74) is 1.52. The molecule has 0 amide bonds. The van der Waals surface area contributed by atoms with E-state index in [0.29, 0.717) is 10.4 Å². The van der Waals surface area contributed by atoms with Crippen LogP contribution in [0.1, 0.15) is 12.2 Å². The lowest BCUT2D eigenvalue weighted by molar-refractivity contribution is 0.526. The number of aromatic nitrogens is 4. The van der Waals surface area contributed by atoms with Crippen LogP contribution < -0.4 is 0 Å². The van der Waals surface area contributed by atoms with Gasteiger partial charge in [0.15, 0.2) is 0 Å². The Balaban J connectivity index is 1.87. The van der Waals surface area contributed by atoms with Crippen LogP contribution in [0.2, 0.25) is 0 Å². The number of rotatable bonds is 5. The van der Waals surface area contributed by atoms with Gasteiger partial charge in [-0.25, -0.2) is 9.37 Å². The van der Waals surface area contributed by atoms with Gasteiger partial charge in [0.05, 0.1) is 21.4 Å². The highest BCUT2D eigenvalue weighted by molar-refractivity contribution is 9.10. The number of hydrogen-bond acceptors (Lipinski definition) is 2. The monoisotopic (exact) mass is 370 g/mol. The van der Waals surface area contributed by atoms with Crippen molar-refractivity contribution < 1.29 is 4.39 Å². The molecule has 2 aromatic heterocycles. The zero-order valence-electron chi connectivity index (χ0n) is 11.1. The minimum absolute atomic E-state index is 0.295. The standard InChI is InChI=1S/C14H13BrClFN4/c15-10-7-12-13(8-11(10)17)21(14(9-16)19-12)6-2-5-20-4-1-3-18-20/h1,3-4,7-8H,2,5-6,9H2. The van der Waals surface area contributed by atoms with Gasteiger partial charge in [-0.3, -0.25) is 4.68 Å². The van der Waals surface area contributed by atoms with Gasteiger partial charge in [-0.1, -0.05) is 0 Å². The number of imidazole rings is 1. The Morgan fingerprint density at radius 2 is 2.14 bits per heavy atom. The summed E-state index contributed by atoms with van der Waals surface area (Å²) in [5, 5.41) is 4.17. The van der Waals surface area contributed by atoms with Crippen LogP contribution in [0.5, 0.6) is 0 Å². The van der Waals surface area contributed by atoms with Gasteiger partial charge in [-0.15, -0.1) is 11.6 Å². The maximum Gasteiger partial charge on any atom is 0.139 e. The number of benzene rings is 1. The fraction of sp³-hybridized carbons (Fsp3) is 0.286. The summed E-state index contributed by atoms with van der Waals surface area (Å²) in [6, 6.07) is 5.07. The molecule has 0 fully saturated rings. The minimum Gasteiger partial charge on any atom is -0.327 e. The van der Waals surface area contributed by atoms with E-state index in [1.165, 1.54) is 6.07 Å². The summed E-state index contributed by atoms with van der Waals surface area (Å²) in [6.07, 6.45) is 4.55. The average Bonchev–Trinajstić information content (AvgIpc) is 3.08. The molecule has 110 valence electrons. The van der Waals surface area contributed by atoms with E-state index in [-0.39, 0.29) is 5.82 Å². The molecular formula is C14H13BrClFN4. The summed E-state index contributed by atoms with van der Waals surface area (Å²) < 4.78 is 18.0. The Hall–Kier alpha value is -1.40. The smallest absolute Gasteiger partial charge is 0.139 e. The lowest BCUT2D eigenvalue weighted by atomic mass is 10.3.